The second-order valence-corrected chi connectivity index (χ2v) is 9.66. The molecule has 2 heterocycles. The molecule has 0 radical (unpaired) electrons. The highest BCUT2D eigenvalue weighted by molar-refractivity contribution is 7.07. The fraction of sp³-hybridized carbons (Fsp3) is 0.129. The maximum atomic E-state index is 13.9. The molecule has 6 nitrogen and oxygen atoms in total. The van der Waals surface area contributed by atoms with Crippen molar-refractivity contribution in [3.63, 3.8) is 0 Å². The standard InChI is InChI=1S/C31H25FN2O4S/c1-3-18-38-24-16-10-20(11-17-24)19-25-29(35)34-28(22-12-14-23(32)15-13-22)26(30(36)37-4-2)27(33-31(34)39-25)21-8-6-5-7-9-21/h3,5-17,19,28H,1,4,18H2,2H3/b25-19-/t28-/m0/s1. The summed E-state index contributed by atoms with van der Waals surface area (Å²) in [7, 11) is 0. The van der Waals surface area contributed by atoms with Crippen molar-refractivity contribution in [1.29, 1.82) is 0 Å². The number of carbonyl (C=O) groups is 1. The molecule has 0 amide bonds. The molecule has 0 fully saturated rings. The molecule has 0 bridgehead atoms. The number of hydrogen-bond donors (Lipinski definition) is 0. The van der Waals surface area contributed by atoms with E-state index in [-0.39, 0.29) is 17.7 Å². The van der Waals surface area contributed by atoms with Crippen LogP contribution in [-0.4, -0.2) is 23.8 Å². The number of ether oxygens (including phenoxy) is 2. The van der Waals surface area contributed by atoms with E-state index < -0.39 is 17.8 Å². The predicted octanol–water partition coefficient (Wildman–Crippen LogP) is 4.64. The minimum absolute atomic E-state index is 0.150. The van der Waals surface area contributed by atoms with E-state index in [9.17, 15) is 14.0 Å². The quantitative estimate of drug-likeness (QED) is 0.241. The highest BCUT2D eigenvalue weighted by atomic mass is 32.1. The van der Waals surface area contributed by atoms with Crippen molar-refractivity contribution >= 4 is 29.1 Å². The Morgan fingerprint density at radius 3 is 2.46 bits per heavy atom. The summed E-state index contributed by atoms with van der Waals surface area (Å²) < 4.78 is 26.8. The average Bonchev–Trinajstić information content (AvgIpc) is 3.27. The van der Waals surface area contributed by atoms with Gasteiger partial charge in [0.1, 0.15) is 18.2 Å². The van der Waals surface area contributed by atoms with E-state index >= 15 is 0 Å². The Bertz CT molecular complexity index is 1720. The molecule has 0 saturated carbocycles. The van der Waals surface area contributed by atoms with Gasteiger partial charge in [-0.3, -0.25) is 9.36 Å². The molecule has 39 heavy (non-hydrogen) atoms. The van der Waals surface area contributed by atoms with E-state index in [2.05, 4.69) is 6.58 Å². The number of nitrogens with zero attached hydrogens (tertiary/aromatic N) is 2. The van der Waals surface area contributed by atoms with Crippen LogP contribution in [0.1, 0.15) is 29.7 Å². The van der Waals surface area contributed by atoms with E-state index in [1.165, 1.54) is 28.0 Å². The van der Waals surface area contributed by atoms with Crippen LogP contribution in [0.15, 0.2) is 107 Å². The predicted molar refractivity (Wildman–Crippen MR) is 150 cm³/mol. The Hall–Kier alpha value is -4.56. The normalized spacial score (nSPS) is 14.9. The second-order valence-electron chi connectivity index (χ2n) is 8.65. The van der Waals surface area contributed by atoms with E-state index in [0.29, 0.717) is 38.5 Å². The van der Waals surface area contributed by atoms with E-state index in [4.69, 9.17) is 14.5 Å². The molecule has 1 aliphatic rings. The number of hydrogen-bond acceptors (Lipinski definition) is 6. The molecule has 0 N–H and O–H groups in total. The lowest BCUT2D eigenvalue weighted by molar-refractivity contribution is -0.138. The van der Waals surface area contributed by atoms with E-state index in [1.807, 2.05) is 54.6 Å². The van der Waals surface area contributed by atoms with Crippen LogP contribution < -0.4 is 19.6 Å². The number of carbonyl (C=O) groups excluding carboxylic acids is 1. The van der Waals surface area contributed by atoms with Crippen molar-refractivity contribution in [2.24, 2.45) is 4.99 Å². The van der Waals surface area contributed by atoms with Gasteiger partial charge >= 0.3 is 5.97 Å². The Morgan fingerprint density at radius 1 is 1.08 bits per heavy atom. The fourth-order valence-corrected chi connectivity index (χ4v) is 5.37. The summed E-state index contributed by atoms with van der Waals surface area (Å²) in [5.41, 5.74) is 2.41. The van der Waals surface area contributed by atoms with Gasteiger partial charge in [0.2, 0.25) is 0 Å². The van der Waals surface area contributed by atoms with Gasteiger partial charge in [0.25, 0.3) is 5.56 Å². The SMILES string of the molecule is C=CCOc1ccc(/C=c2\sc3n(c2=O)[C@@H](c2ccc(F)cc2)C(C(=O)OCC)=C(c2ccccc2)N=3)cc1. The van der Waals surface area contributed by atoms with Crippen LogP contribution >= 0.6 is 11.3 Å². The van der Waals surface area contributed by atoms with Gasteiger partial charge in [-0.1, -0.05) is 78.6 Å². The second kappa shape index (κ2) is 11.4. The molecule has 0 aliphatic carbocycles. The zero-order valence-corrected chi connectivity index (χ0v) is 22.0. The first-order chi connectivity index (χ1) is 19.0. The summed E-state index contributed by atoms with van der Waals surface area (Å²) >= 11 is 1.23. The van der Waals surface area contributed by atoms with E-state index in [1.54, 1.807) is 31.2 Å². The number of fused-ring (bicyclic) bond motifs is 1. The zero-order valence-electron chi connectivity index (χ0n) is 21.2. The third kappa shape index (κ3) is 5.37. The monoisotopic (exact) mass is 540 g/mol. The van der Waals surface area contributed by atoms with Gasteiger partial charge in [0, 0.05) is 5.56 Å². The summed E-state index contributed by atoms with van der Waals surface area (Å²) in [6, 6.07) is 21.5. The third-order valence-electron chi connectivity index (χ3n) is 6.11. The van der Waals surface area contributed by atoms with Crippen molar-refractivity contribution in [2.45, 2.75) is 13.0 Å². The molecular formula is C31H25FN2O4S. The molecule has 3 aromatic carbocycles. The Labute approximate surface area is 228 Å². The first-order valence-electron chi connectivity index (χ1n) is 12.4. The van der Waals surface area contributed by atoms with Crippen molar-refractivity contribution in [3.05, 3.63) is 139 Å². The van der Waals surface area contributed by atoms with Crippen LogP contribution in [0.3, 0.4) is 0 Å². The lowest BCUT2D eigenvalue weighted by Gasteiger charge is -2.25. The van der Waals surface area contributed by atoms with Crippen molar-refractivity contribution in [3.8, 4) is 5.75 Å². The molecule has 0 unspecified atom stereocenters. The number of rotatable bonds is 8. The third-order valence-corrected chi connectivity index (χ3v) is 7.09. The average molecular weight is 541 g/mol. The highest BCUT2D eigenvalue weighted by Gasteiger charge is 2.35. The molecule has 5 rings (SSSR count). The molecule has 0 saturated heterocycles. The van der Waals surface area contributed by atoms with Crippen LogP contribution in [0, 0.1) is 5.82 Å². The van der Waals surface area contributed by atoms with Gasteiger partial charge in [-0.2, -0.15) is 0 Å². The fourth-order valence-electron chi connectivity index (χ4n) is 4.37. The van der Waals surface area contributed by atoms with Crippen LogP contribution in [-0.2, 0) is 9.53 Å². The minimum atomic E-state index is -0.854. The molecule has 1 atom stereocenters. The lowest BCUT2D eigenvalue weighted by Crippen LogP contribution is -2.40. The molecule has 8 heteroatoms. The van der Waals surface area contributed by atoms with Crippen LogP contribution in [0.2, 0.25) is 0 Å². The van der Waals surface area contributed by atoms with Crippen LogP contribution in [0.25, 0.3) is 11.8 Å². The molecule has 1 aliphatic heterocycles. The summed E-state index contributed by atoms with van der Waals surface area (Å²) in [6.45, 7) is 5.91. The minimum Gasteiger partial charge on any atom is -0.490 e. The van der Waals surface area contributed by atoms with Gasteiger partial charge < -0.3 is 9.47 Å². The highest BCUT2D eigenvalue weighted by Crippen LogP contribution is 2.35. The van der Waals surface area contributed by atoms with Crippen molar-refractivity contribution < 1.29 is 18.7 Å². The van der Waals surface area contributed by atoms with Gasteiger partial charge in [-0.25, -0.2) is 14.2 Å². The van der Waals surface area contributed by atoms with Gasteiger partial charge in [0.15, 0.2) is 4.80 Å². The summed E-state index contributed by atoms with van der Waals surface area (Å²) in [4.78, 5) is 32.5. The maximum Gasteiger partial charge on any atom is 0.338 e. The summed E-state index contributed by atoms with van der Waals surface area (Å²) in [5.74, 6) is -0.313. The maximum absolute atomic E-state index is 13.9. The number of benzene rings is 3. The van der Waals surface area contributed by atoms with E-state index in [0.717, 1.165) is 5.56 Å². The van der Waals surface area contributed by atoms with Crippen LogP contribution in [0.5, 0.6) is 5.75 Å². The Morgan fingerprint density at radius 2 is 1.79 bits per heavy atom. The van der Waals surface area contributed by atoms with Crippen molar-refractivity contribution in [1.82, 2.24) is 4.57 Å². The molecule has 4 aromatic rings. The Kier molecular flexibility index (Phi) is 7.65. The first kappa shape index (κ1) is 26.1. The number of esters is 1. The smallest absolute Gasteiger partial charge is 0.338 e. The Balaban J connectivity index is 1.73. The van der Waals surface area contributed by atoms with Gasteiger partial charge in [0.05, 0.1) is 28.5 Å². The first-order valence-corrected chi connectivity index (χ1v) is 13.2. The molecule has 1 aromatic heterocycles. The summed E-state index contributed by atoms with van der Waals surface area (Å²) in [6.07, 6.45) is 3.44. The summed E-state index contributed by atoms with van der Waals surface area (Å²) in [5, 5.41) is 0. The largest absolute Gasteiger partial charge is 0.490 e. The van der Waals surface area contributed by atoms with Gasteiger partial charge in [-0.05, 0) is 48.4 Å². The topological polar surface area (TPSA) is 69.9 Å². The lowest BCUT2D eigenvalue weighted by atomic mass is 9.93. The molecule has 196 valence electrons. The van der Waals surface area contributed by atoms with Crippen molar-refractivity contribution in [2.75, 3.05) is 13.2 Å². The number of aromatic nitrogens is 1. The number of thiazole rings is 1. The molecule has 0 spiro atoms. The zero-order chi connectivity index (χ0) is 27.4. The van der Waals surface area contributed by atoms with Gasteiger partial charge in [-0.15, -0.1) is 0 Å². The molecular weight excluding hydrogens is 515 g/mol. The van der Waals surface area contributed by atoms with Crippen LogP contribution in [0.4, 0.5) is 4.39 Å². The number of halogens is 1.